The highest BCUT2D eigenvalue weighted by atomic mass is 79.9. The van der Waals surface area contributed by atoms with Crippen LogP contribution in [0.3, 0.4) is 0 Å². The minimum atomic E-state index is 0.997. The van der Waals surface area contributed by atoms with Crippen molar-refractivity contribution in [1.82, 2.24) is 4.98 Å². The Balaban J connectivity index is 1.93. The van der Waals surface area contributed by atoms with E-state index in [4.69, 9.17) is 0 Å². The number of benzene rings is 1. The Kier molecular flexibility index (Phi) is 3.33. The van der Waals surface area contributed by atoms with Crippen molar-refractivity contribution in [2.75, 3.05) is 5.32 Å². The minimum absolute atomic E-state index is 0.997. The summed E-state index contributed by atoms with van der Waals surface area (Å²) in [6.07, 6.45) is 8.65. The summed E-state index contributed by atoms with van der Waals surface area (Å²) in [7, 11) is 0. The first kappa shape index (κ1) is 11.7. The molecule has 2 nitrogen and oxygen atoms in total. The molecule has 92 valence electrons. The van der Waals surface area contributed by atoms with Crippen LogP contribution in [0, 0.1) is 0 Å². The molecule has 0 aliphatic heterocycles. The van der Waals surface area contributed by atoms with Crippen LogP contribution in [0.25, 0.3) is 0 Å². The number of fused-ring (bicyclic) bond motifs is 1. The Morgan fingerprint density at radius 2 is 2.00 bits per heavy atom. The summed E-state index contributed by atoms with van der Waals surface area (Å²) < 4.78 is 0.997. The maximum Gasteiger partial charge on any atom is 0.0582 e. The Morgan fingerprint density at radius 1 is 1.11 bits per heavy atom. The van der Waals surface area contributed by atoms with Crippen LogP contribution in [0.1, 0.15) is 24.0 Å². The van der Waals surface area contributed by atoms with Crippen LogP contribution in [-0.4, -0.2) is 4.98 Å². The number of halogens is 1. The molecule has 0 saturated carbocycles. The minimum Gasteiger partial charge on any atom is -0.354 e. The van der Waals surface area contributed by atoms with Crippen molar-refractivity contribution in [1.29, 1.82) is 0 Å². The van der Waals surface area contributed by atoms with Gasteiger partial charge < -0.3 is 5.32 Å². The molecule has 1 aromatic carbocycles. The van der Waals surface area contributed by atoms with E-state index in [1.807, 2.05) is 6.20 Å². The molecule has 0 radical (unpaired) electrons. The van der Waals surface area contributed by atoms with Gasteiger partial charge in [-0.3, -0.25) is 4.98 Å². The normalized spacial score (nSPS) is 14.1. The summed E-state index contributed by atoms with van der Waals surface area (Å²) in [5, 5.41) is 3.48. The lowest BCUT2D eigenvalue weighted by atomic mass is 9.90. The fourth-order valence-corrected chi connectivity index (χ4v) is 2.90. The predicted octanol–water partition coefficient (Wildman–Crippen LogP) is 4.47. The number of hydrogen-bond donors (Lipinski definition) is 1. The molecule has 1 N–H and O–H groups in total. The Morgan fingerprint density at radius 3 is 2.89 bits per heavy atom. The van der Waals surface area contributed by atoms with Gasteiger partial charge in [-0.2, -0.15) is 0 Å². The first-order valence-electron chi connectivity index (χ1n) is 6.31. The Bertz CT molecular complexity index is 566. The van der Waals surface area contributed by atoms with E-state index in [2.05, 4.69) is 50.5 Å². The van der Waals surface area contributed by atoms with Gasteiger partial charge in [0.2, 0.25) is 0 Å². The van der Waals surface area contributed by atoms with E-state index in [0.29, 0.717) is 0 Å². The predicted molar refractivity (Wildman–Crippen MR) is 78.3 cm³/mol. The molecule has 0 bridgehead atoms. The zero-order valence-corrected chi connectivity index (χ0v) is 11.7. The van der Waals surface area contributed by atoms with Crippen LogP contribution in [0.2, 0.25) is 0 Å². The van der Waals surface area contributed by atoms with Gasteiger partial charge >= 0.3 is 0 Å². The summed E-state index contributed by atoms with van der Waals surface area (Å²) in [5.74, 6) is 0. The number of pyridine rings is 1. The van der Waals surface area contributed by atoms with E-state index < -0.39 is 0 Å². The lowest BCUT2D eigenvalue weighted by Gasteiger charge is -2.20. The van der Waals surface area contributed by atoms with Crippen molar-refractivity contribution >= 4 is 27.3 Å². The Hall–Kier alpha value is -1.35. The molecule has 0 amide bonds. The molecule has 1 heterocycles. The number of nitrogens with one attached hydrogen (secondary N) is 1. The average molecular weight is 303 g/mol. The second-order valence-electron chi connectivity index (χ2n) is 4.67. The van der Waals surface area contributed by atoms with Crippen LogP contribution in [0.15, 0.2) is 41.1 Å². The third-order valence-electron chi connectivity index (χ3n) is 3.38. The number of aryl methyl sites for hydroxylation is 1. The fourth-order valence-electron chi connectivity index (χ4n) is 2.53. The fraction of sp³-hybridized carbons (Fsp3) is 0.267. The zero-order valence-electron chi connectivity index (χ0n) is 10.1. The van der Waals surface area contributed by atoms with Gasteiger partial charge in [-0.05, 0) is 64.9 Å². The molecule has 0 spiro atoms. The van der Waals surface area contributed by atoms with E-state index >= 15 is 0 Å². The second-order valence-corrected chi connectivity index (χ2v) is 5.58. The molecule has 1 aliphatic rings. The van der Waals surface area contributed by atoms with Gasteiger partial charge in [0.1, 0.15) is 0 Å². The summed E-state index contributed by atoms with van der Waals surface area (Å²) in [6.45, 7) is 0. The van der Waals surface area contributed by atoms with E-state index in [1.54, 1.807) is 6.20 Å². The zero-order chi connectivity index (χ0) is 12.4. The highest BCUT2D eigenvalue weighted by Crippen LogP contribution is 2.30. The number of nitrogens with zero attached hydrogens (tertiary/aromatic N) is 1. The molecule has 2 aromatic rings. The van der Waals surface area contributed by atoms with Crippen molar-refractivity contribution in [2.24, 2.45) is 0 Å². The number of hydrogen-bond acceptors (Lipinski definition) is 2. The molecule has 1 aliphatic carbocycles. The van der Waals surface area contributed by atoms with Crippen molar-refractivity contribution in [2.45, 2.75) is 25.7 Å². The van der Waals surface area contributed by atoms with Gasteiger partial charge in [0.25, 0.3) is 0 Å². The maximum absolute atomic E-state index is 4.18. The number of anilines is 2. The van der Waals surface area contributed by atoms with Gasteiger partial charge in [-0.15, -0.1) is 0 Å². The van der Waals surface area contributed by atoms with Gasteiger partial charge in [-0.25, -0.2) is 0 Å². The SMILES string of the molecule is Brc1cncc(Nc2cccc3c2CCCC3)c1. The third kappa shape index (κ3) is 2.41. The summed E-state index contributed by atoms with van der Waals surface area (Å²) >= 11 is 3.45. The van der Waals surface area contributed by atoms with Gasteiger partial charge in [0.05, 0.1) is 11.9 Å². The van der Waals surface area contributed by atoms with Crippen molar-refractivity contribution in [3.8, 4) is 0 Å². The smallest absolute Gasteiger partial charge is 0.0582 e. The third-order valence-corrected chi connectivity index (χ3v) is 3.81. The van der Waals surface area contributed by atoms with Crippen LogP contribution >= 0.6 is 15.9 Å². The second kappa shape index (κ2) is 5.11. The van der Waals surface area contributed by atoms with Crippen molar-refractivity contribution < 1.29 is 0 Å². The van der Waals surface area contributed by atoms with E-state index in [1.165, 1.54) is 42.5 Å². The molecule has 3 rings (SSSR count). The van der Waals surface area contributed by atoms with Crippen LogP contribution in [-0.2, 0) is 12.8 Å². The maximum atomic E-state index is 4.18. The van der Waals surface area contributed by atoms with E-state index in [0.717, 1.165) is 10.2 Å². The average Bonchev–Trinajstić information content (AvgIpc) is 2.39. The highest BCUT2D eigenvalue weighted by Gasteiger charge is 2.12. The molecular weight excluding hydrogens is 288 g/mol. The topological polar surface area (TPSA) is 24.9 Å². The summed E-state index contributed by atoms with van der Waals surface area (Å²) in [4.78, 5) is 4.18. The number of aromatic nitrogens is 1. The van der Waals surface area contributed by atoms with Crippen molar-refractivity contribution in [3.63, 3.8) is 0 Å². The lowest BCUT2D eigenvalue weighted by Crippen LogP contribution is -2.06. The quantitative estimate of drug-likeness (QED) is 0.885. The van der Waals surface area contributed by atoms with Gasteiger partial charge in [0.15, 0.2) is 0 Å². The molecule has 1 aromatic heterocycles. The number of rotatable bonds is 2. The highest BCUT2D eigenvalue weighted by molar-refractivity contribution is 9.10. The van der Waals surface area contributed by atoms with Gasteiger partial charge in [-0.1, -0.05) is 12.1 Å². The monoisotopic (exact) mass is 302 g/mol. The van der Waals surface area contributed by atoms with Crippen LogP contribution in [0.5, 0.6) is 0 Å². The first-order valence-corrected chi connectivity index (χ1v) is 7.10. The Labute approximate surface area is 116 Å². The molecule has 18 heavy (non-hydrogen) atoms. The summed E-state index contributed by atoms with van der Waals surface area (Å²) in [6, 6.07) is 8.59. The molecular formula is C15H15BrN2. The standard InChI is InChI=1S/C15H15BrN2/c16-12-8-13(10-17-9-12)18-15-7-3-5-11-4-1-2-6-14(11)15/h3,5,7-10,18H,1-2,4,6H2. The molecule has 3 heteroatoms. The largest absolute Gasteiger partial charge is 0.354 e. The van der Waals surface area contributed by atoms with Gasteiger partial charge in [0, 0.05) is 16.4 Å². The van der Waals surface area contributed by atoms with E-state index in [-0.39, 0.29) is 0 Å². The molecule has 0 saturated heterocycles. The molecule has 0 atom stereocenters. The molecule has 0 fully saturated rings. The lowest BCUT2D eigenvalue weighted by molar-refractivity contribution is 0.687. The van der Waals surface area contributed by atoms with E-state index in [9.17, 15) is 0 Å². The van der Waals surface area contributed by atoms with Crippen LogP contribution < -0.4 is 5.32 Å². The summed E-state index contributed by atoms with van der Waals surface area (Å²) in [5.41, 5.74) is 5.23. The molecule has 0 unspecified atom stereocenters. The first-order chi connectivity index (χ1) is 8.83. The van der Waals surface area contributed by atoms with Crippen LogP contribution in [0.4, 0.5) is 11.4 Å². The van der Waals surface area contributed by atoms with Crippen molar-refractivity contribution in [3.05, 3.63) is 52.3 Å².